The average Bonchev–Trinajstić information content (AvgIpc) is 3.16. The summed E-state index contributed by atoms with van der Waals surface area (Å²) in [5.41, 5.74) is 6.22. The number of halogens is 1. The van der Waals surface area contributed by atoms with Crippen molar-refractivity contribution in [1.82, 2.24) is 0 Å². The quantitative estimate of drug-likeness (QED) is 0.723. The zero-order valence-electron chi connectivity index (χ0n) is 17.4. The molecule has 1 fully saturated rings. The number of nitrogens with zero attached hydrogens (tertiary/aromatic N) is 1. The van der Waals surface area contributed by atoms with Crippen molar-refractivity contribution in [3.63, 3.8) is 0 Å². The van der Waals surface area contributed by atoms with Crippen molar-refractivity contribution in [3.05, 3.63) is 58.4 Å². The molecule has 4 heteroatoms. The number of benzene rings is 2. The minimum absolute atomic E-state index is 0.0384. The molecule has 2 atom stereocenters. The van der Waals surface area contributed by atoms with E-state index in [1.54, 1.807) is 6.07 Å². The lowest BCUT2D eigenvalue weighted by Crippen LogP contribution is -2.28. The maximum Gasteiger partial charge on any atom is 0.224 e. The smallest absolute Gasteiger partial charge is 0.224 e. The van der Waals surface area contributed by atoms with E-state index in [-0.39, 0.29) is 29.1 Å². The van der Waals surface area contributed by atoms with Gasteiger partial charge in [0.05, 0.1) is 6.04 Å². The third-order valence-electron chi connectivity index (χ3n) is 5.96. The van der Waals surface area contributed by atoms with Crippen LogP contribution in [-0.2, 0) is 4.79 Å². The molecule has 0 saturated carbocycles. The normalized spacial score (nSPS) is 20.4. The number of carbonyl (C=O) groups is 1. The van der Waals surface area contributed by atoms with Crippen LogP contribution in [0.1, 0.15) is 67.8 Å². The van der Waals surface area contributed by atoms with Crippen molar-refractivity contribution in [3.8, 4) is 0 Å². The molecule has 0 unspecified atom stereocenters. The van der Waals surface area contributed by atoms with E-state index in [0.29, 0.717) is 6.42 Å². The summed E-state index contributed by atoms with van der Waals surface area (Å²) >= 11 is 0. The number of carbonyl (C=O) groups excluding carboxylic acids is 1. The molecule has 3 nitrogen and oxygen atoms in total. The Morgan fingerprint density at radius 3 is 2.54 bits per heavy atom. The van der Waals surface area contributed by atoms with Crippen LogP contribution in [0.2, 0.25) is 0 Å². The number of aryl methyl sites for hydroxylation is 2. The molecule has 1 amide bonds. The standard InChI is InChI=1S/C24H29FN2O/c1-14-9-17(10-15(2)23(14)26-21(28)12-24(3,4)5)27-13-16-11-20(27)18-7-6-8-19(25)22(16)18/h6-10,16,20H,11-13H2,1-5H3,(H,26,28)/t16-,20+/m0/s1. The van der Waals surface area contributed by atoms with Crippen LogP contribution < -0.4 is 10.2 Å². The predicted octanol–water partition coefficient (Wildman–Crippen LogP) is 5.87. The Balaban J connectivity index is 1.59. The van der Waals surface area contributed by atoms with Gasteiger partial charge in [0.25, 0.3) is 0 Å². The lowest BCUT2D eigenvalue weighted by Gasteiger charge is -2.32. The fourth-order valence-corrected chi connectivity index (χ4v) is 4.87. The number of nitrogens with one attached hydrogen (secondary N) is 1. The molecule has 1 N–H and O–H groups in total. The number of anilines is 2. The first-order valence-corrected chi connectivity index (χ1v) is 10.1. The Morgan fingerprint density at radius 1 is 1.21 bits per heavy atom. The highest BCUT2D eigenvalue weighted by Gasteiger charge is 2.44. The maximum absolute atomic E-state index is 14.2. The highest BCUT2D eigenvalue weighted by Crippen LogP contribution is 2.52. The molecule has 2 aliphatic rings. The van der Waals surface area contributed by atoms with E-state index in [4.69, 9.17) is 0 Å². The maximum atomic E-state index is 14.2. The number of hydrogen-bond acceptors (Lipinski definition) is 2. The third kappa shape index (κ3) is 3.30. The van der Waals surface area contributed by atoms with Crippen LogP contribution >= 0.6 is 0 Å². The van der Waals surface area contributed by atoms with Gasteiger partial charge in [-0.3, -0.25) is 4.79 Å². The second-order valence-electron chi connectivity index (χ2n) is 9.58. The molecule has 0 spiro atoms. The summed E-state index contributed by atoms with van der Waals surface area (Å²) in [6.45, 7) is 11.2. The van der Waals surface area contributed by atoms with Gasteiger partial charge < -0.3 is 10.2 Å². The molecule has 28 heavy (non-hydrogen) atoms. The van der Waals surface area contributed by atoms with E-state index in [1.807, 2.05) is 19.9 Å². The molecule has 1 aliphatic heterocycles. The van der Waals surface area contributed by atoms with Gasteiger partial charge in [-0.2, -0.15) is 0 Å². The SMILES string of the molecule is Cc1cc(N2C[C@@H]3C[C@@H]2c2cccc(F)c23)cc(C)c1NC(=O)CC(C)(C)C. The Morgan fingerprint density at radius 2 is 1.89 bits per heavy atom. The molecular weight excluding hydrogens is 351 g/mol. The van der Waals surface area contributed by atoms with Crippen LogP contribution in [0.15, 0.2) is 30.3 Å². The van der Waals surface area contributed by atoms with Gasteiger partial charge in [-0.1, -0.05) is 32.9 Å². The number of fused-ring (bicyclic) bond motifs is 5. The van der Waals surface area contributed by atoms with E-state index in [2.05, 4.69) is 49.2 Å². The van der Waals surface area contributed by atoms with Gasteiger partial charge >= 0.3 is 0 Å². The molecule has 1 heterocycles. The highest BCUT2D eigenvalue weighted by atomic mass is 19.1. The van der Waals surface area contributed by atoms with Gasteiger partial charge in [-0.25, -0.2) is 4.39 Å². The second kappa shape index (κ2) is 6.61. The minimum atomic E-state index is -0.0612. The Kier molecular flexibility index (Phi) is 4.48. The average molecular weight is 381 g/mol. The zero-order chi connectivity index (χ0) is 20.2. The first-order chi connectivity index (χ1) is 13.1. The van der Waals surface area contributed by atoms with Crippen molar-refractivity contribution in [2.45, 2.75) is 59.4 Å². The molecule has 2 aromatic carbocycles. The van der Waals surface area contributed by atoms with Crippen molar-refractivity contribution in [2.24, 2.45) is 5.41 Å². The van der Waals surface area contributed by atoms with Crippen molar-refractivity contribution < 1.29 is 9.18 Å². The van der Waals surface area contributed by atoms with Crippen LogP contribution in [-0.4, -0.2) is 12.5 Å². The summed E-state index contributed by atoms with van der Waals surface area (Å²) in [7, 11) is 0. The van der Waals surface area contributed by atoms with Crippen molar-refractivity contribution >= 4 is 17.3 Å². The Labute approximate surface area is 166 Å². The summed E-state index contributed by atoms with van der Waals surface area (Å²) in [6.07, 6.45) is 1.48. The van der Waals surface area contributed by atoms with E-state index in [0.717, 1.165) is 46.6 Å². The van der Waals surface area contributed by atoms with Gasteiger partial charge in [-0.15, -0.1) is 0 Å². The molecule has 1 saturated heterocycles. The first-order valence-electron chi connectivity index (χ1n) is 10.1. The summed E-state index contributed by atoms with van der Waals surface area (Å²) in [5.74, 6) is 0.262. The zero-order valence-corrected chi connectivity index (χ0v) is 17.4. The number of amides is 1. The van der Waals surface area contributed by atoms with Crippen molar-refractivity contribution in [1.29, 1.82) is 0 Å². The van der Waals surface area contributed by atoms with Gasteiger partial charge in [0.15, 0.2) is 0 Å². The van der Waals surface area contributed by atoms with Crippen LogP contribution in [0.5, 0.6) is 0 Å². The summed E-state index contributed by atoms with van der Waals surface area (Å²) in [4.78, 5) is 14.8. The molecule has 0 radical (unpaired) electrons. The molecular formula is C24H29FN2O. The highest BCUT2D eigenvalue weighted by molar-refractivity contribution is 5.93. The number of rotatable bonds is 3. The fourth-order valence-electron chi connectivity index (χ4n) is 4.87. The summed E-state index contributed by atoms with van der Waals surface area (Å²) < 4.78 is 14.2. The lowest BCUT2D eigenvalue weighted by molar-refractivity contribution is -0.117. The molecule has 2 bridgehead atoms. The second-order valence-corrected chi connectivity index (χ2v) is 9.58. The molecule has 4 rings (SSSR count). The van der Waals surface area contributed by atoms with Gasteiger partial charge in [-0.05, 0) is 66.1 Å². The third-order valence-corrected chi connectivity index (χ3v) is 5.96. The van der Waals surface area contributed by atoms with Gasteiger partial charge in [0, 0.05) is 30.3 Å². The van der Waals surface area contributed by atoms with Crippen LogP contribution in [0, 0.1) is 25.1 Å². The fraction of sp³-hybridized carbons (Fsp3) is 0.458. The molecule has 1 aliphatic carbocycles. The lowest BCUT2D eigenvalue weighted by atomic mass is 9.92. The van der Waals surface area contributed by atoms with Gasteiger partial charge in [0.1, 0.15) is 5.82 Å². The van der Waals surface area contributed by atoms with E-state index in [9.17, 15) is 9.18 Å². The van der Waals surface area contributed by atoms with E-state index in [1.165, 1.54) is 0 Å². The summed E-state index contributed by atoms with van der Waals surface area (Å²) in [5, 5.41) is 3.10. The van der Waals surface area contributed by atoms with Crippen LogP contribution in [0.25, 0.3) is 0 Å². The monoisotopic (exact) mass is 380 g/mol. The van der Waals surface area contributed by atoms with Crippen LogP contribution in [0.4, 0.5) is 15.8 Å². The molecule has 148 valence electrons. The minimum Gasteiger partial charge on any atom is -0.364 e. The van der Waals surface area contributed by atoms with Gasteiger partial charge in [0.2, 0.25) is 5.91 Å². The van der Waals surface area contributed by atoms with E-state index >= 15 is 0 Å². The largest absolute Gasteiger partial charge is 0.364 e. The topological polar surface area (TPSA) is 32.3 Å². The van der Waals surface area contributed by atoms with Crippen molar-refractivity contribution in [2.75, 3.05) is 16.8 Å². The molecule has 2 aromatic rings. The van der Waals surface area contributed by atoms with Crippen LogP contribution in [0.3, 0.4) is 0 Å². The Hall–Kier alpha value is -2.36. The Bertz CT molecular complexity index is 921. The predicted molar refractivity (Wildman–Crippen MR) is 112 cm³/mol. The van der Waals surface area contributed by atoms with E-state index < -0.39 is 0 Å². The first kappa shape index (κ1) is 19.0. The molecule has 0 aromatic heterocycles. The summed E-state index contributed by atoms with van der Waals surface area (Å²) in [6, 6.07) is 10.0. The number of hydrogen-bond donors (Lipinski definition) is 1.